The number of nitrogens with zero attached hydrogens (tertiary/aromatic N) is 1. The summed E-state index contributed by atoms with van der Waals surface area (Å²) in [5, 5.41) is 12.6. The van der Waals surface area contributed by atoms with Gasteiger partial charge in [0.2, 0.25) is 0 Å². The lowest BCUT2D eigenvalue weighted by molar-refractivity contribution is 0.114. The van der Waals surface area contributed by atoms with Gasteiger partial charge < -0.3 is 10.4 Å². The van der Waals surface area contributed by atoms with Crippen LogP contribution in [-0.2, 0) is 0 Å². The fourth-order valence-electron chi connectivity index (χ4n) is 1.39. The number of hydrogen-bond acceptors (Lipinski definition) is 3. The lowest BCUT2D eigenvalue weighted by Gasteiger charge is -2.25. The summed E-state index contributed by atoms with van der Waals surface area (Å²) in [6, 6.07) is 0.546. The summed E-state index contributed by atoms with van der Waals surface area (Å²) >= 11 is 0. The van der Waals surface area contributed by atoms with Crippen LogP contribution in [0.2, 0.25) is 0 Å². The Labute approximate surface area is 68.4 Å². The zero-order valence-corrected chi connectivity index (χ0v) is 7.38. The summed E-state index contributed by atoms with van der Waals surface area (Å²) in [7, 11) is 0. The molecule has 0 bridgehead atoms. The van der Waals surface area contributed by atoms with Crippen LogP contribution in [0.1, 0.15) is 13.8 Å². The molecule has 1 aliphatic heterocycles. The van der Waals surface area contributed by atoms with E-state index >= 15 is 0 Å². The van der Waals surface area contributed by atoms with E-state index in [2.05, 4.69) is 24.1 Å². The molecule has 11 heavy (non-hydrogen) atoms. The maximum absolute atomic E-state index is 9.40. The molecule has 0 aliphatic carbocycles. The van der Waals surface area contributed by atoms with Gasteiger partial charge in [0, 0.05) is 32.2 Å². The van der Waals surface area contributed by atoms with E-state index in [0.717, 1.165) is 26.2 Å². The Morgan fingerprint density at radius 2 is 2.27 bits per heavy atom. The first-order valence-corrected chi connectivity index (χ1v) is 4.33. The van der Waals surface area contributed by atoms with Crippen molar-refractivity contribution in [3.63, 3.8) is 0 Å². The summed E-state index contributed by atoms with van der Waals surface area (Å²) < 4.78 is 0. The van der Waals surface area contributed by atoms with Gasteiger partial charge in [0.05, 0.1) is 6.10 Å². The first kappa shape index (κ1) is 8.97. The van der Waals surface area contributed by atoms with Crippen LogP contribution in [-0.4, -0.2) is 48.3 Å². The third kappa shape index (κ3) is 2.77. The Morgan fingerprint density at radius 3 is 2.91 bits per heavy atom. The molecule has 0 spiro atoms. The van der Waals surface area contributed by atoms with Crippen LogP contribution in [0.15, 0.2) is 0 Å². The SMILES string of the molecule is CC(C)N1CCNCC(O)C1. The molecule has 1 atom stereocenters. The molecule has 0 amide bonds. The first-order chi connectivity index (χ1) is 5.20. The van der Waals surface area contributed by atoms with Gasteiger partial charge in [0.25, 0.3) is 0 Å². The quantitative estimate of drug-likeness (QED) is 0.548. The third-order valence-corrected chi connectivity index (χ3v) is 2.13. The molecule has 1 heterocycles. The maximum atomic E-state index is 9.40. The van der Waals surface area contributed by atoms with Crippen LogP contribution in [0.5, 0.6) is 0 Å². The lowest BCUT2D eigenvalue weighted by atomic mass is 10.3. The van der Waals surface area contributed by atoms with Crippen molar-refractivity contribution in [2.75, 3.05) is 26.2 Å². The highest BCUT2D eigenvalue weighted by Gasteiger charge is 2.16. The molecule has 0 aromatic carbocycles. The van der Waals surface area contributed by atoms with Crippen molar-refractivity contribution in [2.45, 2.75) is 26.0 Å². The van der Waals surface area contributed by atoms with E-state index < -0.39 is 0 Å². The average molecular weight is 158 g/mol. The smallest absolute Gasteiger partial charge is 0.0791 e. The molecule has 1 rings (SSSR count). The highest BCUT2D eigenvalue weighted by atomic mass is 16.3. The molecule has 3 nitrogen and oxygen atoms in total. The molecule has 1 unspecified atom stereocenters. The Morgan fingerprint density at radius 1 is 1.55 bits per heavy atom. The number of nitrogens with one attached hydrogen (secondary N) is 1. The van der Waals surface area contributed by atoms with Gasteiger partial charge in [-0.15, -0.1) is 0 Å². The molecule has 0 aromatic heterocycles. The Hall–Kier alpha value is -0.120. The molecule has 1 aliphatic rings. The molecule has 0 saturated carbocycles. The minimum absolute atomic E-state index is 0.195. The van der Waals surface area contributed by atoms with Gasteiger partial charge in [0.1, 0.15) is 0 Å². The van der Waals surface area contributed by atoms with E-state index in [4.69, 9.17) is 0 Å². The monoisotopic (exact) mass is 158 g/mol. The Kier molecular flexibility index (Phi) is 3.30. The summed E-state index contributed by atoms with van der Waals surface area (Å²) in [6.07, 6.45) is -0.195. The zero-order chi connectivity index (χ0) is 8.27. The number of hydrogen-bond donors (Lipinski definition) is 2. The van der Waals surface area contributed by atoms with E-state index in [1.807, 2.05) is 0 Å². The first-order valence-electron chi connectivity index (χ1n) is 4.33. The number of rotatable bonds is 1. The summed E-state index contributed by atoms with van der Waals surface area (Å²) in [5.74, 6) is 0. The van der Waals surface area contributed by atoms with Crippen LogP contribution in [0, 0.1) is 0 Å². The zero-order valence-electron chi connectivity index (χ0n) is 7.38. The van der Waals surface area contributed by atoms with Gasteiger partial charge in [-0.2, -0.15) is 0 Å². The molecule has 66 valence electrons. The molecule has 3 heteroatoms. The van der Waals surface area contributed by atoms with Gasteiger partial charge in [-0.3, -0.25) is 4.90 Å². The minimum atomic E-state index is -0.195. The Bertz CT molecular complexity index is 117. The van der Waals surface area contributed by atoms with Crippen molar-refractivity contribution in [2.24, 2.45) is 0 Å². The molecule has 0 radical (unpaired) electrons. The molecular weight excluding hydrogens is 140 g/mol. The van der Waals surface area contributed by atoms with Gasteiger partial charge in [-0.1, -0.05) is 0 Å². The van der Waals surface area contributed by atoms with Crippen molar-refractivity contribution in [1.29, 1.82) is 0 Å². The molecule has 1 saturated heterocycles. The van der Waals surface area contributed by atoms with Crippen molar-refractivity contribution < 1.29 is 5.11 Å². The summed E-state index contributed by atoms with van der Waals surface area (Å²) in [6.45, 7) is 7.92. The van der Waals surface area contributed by atoms with Crippen molar-refractivity contribution in [3.05, 3.63) is 0 Å². The highest BCUT2D eigenvalue weighted by molar-refractivity contribution is 4.74. The van der Waals surface area contributed by atoms with E-state index in [1.165, 1.54) is 0 Å². The van der Waals surface area contributed by atoms with Crippen LogP contribution >= 0.6 is 0 Å². The van der Waals surface area contributed by atoms with Crippen LogP contribution in [0.25, 0.3) is 0 Å². The van der Waals surface area contributed by atoms with Crippen molar-refractivity contribution >= 4 is 0 Å². The van der Waals surface area contributed by atoms with Crippen LogP contribution in [0.4, 0.5) is 0 Å². The molecule has 0 aromatic rings. The highest BCUT2D eigenvalue weighted by Crippen LogP contribution is 2.01. The number of aliphatic hydroxyl groups is 1. The predicted octanol–water partition coefficient (Wildman–Crippen LogP) is -0.339. The average Bonchev–Trinajstić information content (AvgIpc) is 2.13. The normalized spacial score (nSPS) is 28.9. The largest absolute Gasteiger partial charge is 0.390 e. The third-order valence-electron chi connectivity index (χ3n) is 2.13. The predicted molar refractivity (Wildman–Crippen MR) is 45.6 cm³/mol. The number of β-amino-alcohol motifs (C(OH)–C–C–N with tert-alkyl or cyclic N) is 1. The Balaban J connectivity index is 2.39. The second kappa shape index (κ2) is 4.04. The standard InChI is InChI=1S/C8H18N2O/c1-7(2)10-4-3-9-5-8(11)6-10/h7-9,11H,3-6H2,1-2H3. The van der Waals surface area contributed by atoms with E-state index in [9.17, 15) is 5.11 Å². The molecule has 1 fully saturated rings. The second-order valence-electron chi connectivity index (χ2n) is 3.45. The van der Waals surface area contributed by atoms with E-state index in [1.54, 1.807) is 0 Å². The van der Waals surface area contributed by atoms with E-state index in [-0.39, 0.29) is 6.10 Å². The summed E-state index contributed by atoms with van der Waals surface area (Å²) in [4.78, 5) is 2.30. The lowest BCUT2D eigenvalue weighted by Crippen LogP contribution is -2.37. The van der Waals surface area contributed by atoms with Crippen molar-refractivity contribution in [3.8, 4) is 0 Å². The maximum Gasteiger partial charge on any atom is 0.0791 e. The van der Waals surface area contributed by atoms with Gasteiger partial charge in [-0.25, -0.2) is 0 Å². The van der Waals surface area contributed by atoms with Crippen molar-refractivity contribution in [1.82, 2.24) is 10.2 Å². The van der Waals surface area contributed by atoms with Gasteiger partial charge in [0.15, 0.2) is 0 Å². The summed E-state index contributed by atoms with van der Waals surface area (Å²) in [5.41, 5.74) is 0. The fraction of sp³-hybridized carbons (Fsp3) is 1.00. The van der Waals surface area contributed by atoms with E-state index in [0.29, 0.717) is 6.04 Å². The molecule has 2 N–H and O–H groups in total. The molecular formula is C8H18N2O. The number of aliphatic hydroxyl groups excluding tert-OH is 1. The topological polar surface area (TPSA) is 35.5 Å². The fourth-order valence-corrected chi connectivity index (χ4v) is 1.39. The van der Waals surface area contributed by atoms with Crippen LogP contribution in [0.3, 0.4) is 0 Å². The van der Waals surface area contributed by atoms with Crippen LogP contribution < -0.4 is 5.32 Å². The second-order valence-corrected chi connectivity index (χ2v) is 3.45. The van der Waals surface area contributed by atoms with Gasteiger partial charge in [-0.05, 0) is 13.8 Å². The minimum Gasteiger partial charge on any atom is -0.390 e. The van der Waals surface area contributed by atoms with Gasteiger partial charge >= 0.3 is 0 Å².